The van der Waals surface area contributed by atoms with E-state index in [9.17, 15) is 4.39 Å². The van der Waals surface area contributed by atoms with E-state index in [0.717, 1.165) is 20.0 Å². The maximum Gasteiger partial charge on any atom is 0.205 e. The molecule has 2 N–H and O–H groups in total. The monoisotopic (exact) mass is 383 g/mol. The quantitative estimate of drug-likeness (QED) is 0.680. The number of imidazole rings is 1. The SMILES string of the molecule is Nc1nc2cc(Br)ccc2n1-c1cc(F)ccc1Br. The van der Waals surface area contributed by atoms with E-state index in [4.69, 9.17) is 5.73 Å². The van der Waals surface area contributed by atoms with Gasteiger partial charge in [-0.2, -0.15) is 0 Å². The Labute approximate surface area is 125 Å². The summed E-state index contributed by atoms with van der Waals surface area (Å²) < 4.78 is 16.8. The molecule has 6 heteroatoms. The van der Waals surface area contributed by atoms with E-state index in [2.05, 4.69) is 36.8 Å². The molecule has 2 aromatic carbocycles. The molecular weight excluding hydrogens is 377 g/mol. The molecule has 0 aliphatic heterocycles. The molecule has 0 spiro atoms. The molecule has 0 amide bonds. The van der Waals surface area contributed by atoms with Crippen LogP contribution in [0.1, 0.15) is 0 Å². The number of fused-ring (bicyclic) bond motifs is 1. The molecule has 0 bridgehead atoms. The molecule has 3 aromatic rings. The van der Waals surface area contributed by atoms with Crippen molar-refractivity contribution in [3.05, 3.63) is 51.2 Å². The zero-order valence-corrected chi connectivity index (χ0v) is 12.7. The summed E-state index contributed by atoms with van der Waals surface area (Å²) in [5.41, 5.74) is 8.15. The number of nitrogens with zero attached hydrogens (tertiary/aromatic N) is 2. The van der Waals surface area contributed by atoms with E-state index >= 15 is 0 Å². The average Bonchev–Trinajstić information content (AvgIpc) is 2.67. The highest BCUT2D eigenvalue weighted by atomic mass is 79.9. The molecule has 19 heavy (non-hydrogen) atoms. The third-order valence-electron chi connectivity index (χ3n) is 2.79. The maximum atomic E-state index is 13.4. The summed E-state index contributed by atoms with van der Waals surface area (Å²) in [6, 6.07) is 10.1. The topological polar surface area (TPSA) is 43.8 Å². The zero-order chi connectivity index (χ0) is 13.6. The number of aromatic nitrogens is 2. The van der Waals surface area contributed by atoms with Crippen molar-refractivity contribution in [3.63, 3.8) is 0 Å². The Kier molecular flexibility index (Phi) is 3.06. The van der Waals surface area contributed by atoms with Crippen LogP contribution in [-0.4, -0.2) is 9.55 Å². The van der Waals surface area contributed by atoms with Gasteiger partial charge in [0.1, 0.15) is 5.82 Å². The van der Waals surface area contributed by atoms with Gasteiger partial charge in [-0.25, -0.2) is 9.37 Å². The molecule has 0 aliphatic carbocycles. The number of hydrogen-bond donors (Lipinski definition) is 1. The van der Waals surface area contributed by atoms with Gasteiger partial charge in [0, 0.05) is 8.95 Å². The van der Waals surface area contributed by atoms with Crippen LogP contribution in [-0.2, 0) is 0 Å². The van der Waals surface area contributed by atoms with Crippen molar-refractivity contribution < 1.29 is 4.39 Å². The minimum absolute atomic E-state index is 0.319. The third kappa shape index (κ3) is 2.15. The first-order valence-electron chi connectivity index (χ1n) is 5.45. The second kappa shape index (κ2) is 4.61. The summed E-state index contributed by atoms with van der Waals surface area (Å²) >= 11 is 6.80. The van der Waals surface area contributed by atoms with Gasteiger partial charge >= 0.3 is 0 Å². The molecule has 1 aromatic heterocycles. The van der Waals surface area contributed by atoms with E-state index in [1.54, 1.807) is 10.6 Å². The Morgan fingerprint density at radius 2 is 1.89 bits per heavy atom. The van der Waals surface area contributed by atoms with Crippen molar-refractivity contribution in [1.29, 1.82) is 0 Å². The van der Waals surface area contributed by atoms with E-state index in [1.165, 1.54) is 12.1 Å². The lowest BCUT2D eigenvalue weighted by molar-refractivity contribution is 0.626. The van der Waals surface area contributed by atoms with Gasteiger partial charge in [0.05, 0.1) is 16.7 Å². The van der Waals surface area contributed by atoms with Crippen LogP contribution in [0.3, 0.4) is 0 Å². The van der Waals surface area contributed by atoms with Gasteiger partial charge in [0.2, 0.25) is 5.95 Å². The van der Waals surface area contributed by atoms with Crippen LogP contribution in [0.25, 0.3) is 16.7 Å². The summed E-state index contributed by atoms with van der Waals surface area (Å²) in [5.74, 6) is -0.00374. The highest BCUT2D eigenvalue weighted by Crippen LogP contribution is 2.30. The lowest BCUT2D eigenvalue weighted by Gasteiger charge is -2.09. The van der Waals surface area contributed by atoms with Gasteiger partial charge in [-0.15, -0.1) is 0 Å². The molecule has 0 fully saturated rings. The van der Waals surface area contributed by atoms with E-state index in [-0.39, 0.29) is 5.82 Å². The van der Waals surface area contributed by atoms with Gasteiger partial charge in [-0.3, -0.25) is 4.57 Å². The first kappa shape index (κ1) is 12.6. The zero-order valence-electron chi connectivity index (χ0n) is 9.57. The van der Waals surface area contributed by atoms with Gasteiger partial charge < -0.3 is 5.73 Å². The van der Waals surface area contributed by atoms with Crippen molar-refractivity contribution in [3.8, 4) is 5.69 Å². The predicted molar refractivity (Wildman–Crippen MR) is 80.8 cm³/mol. The first-order valence-corrected chi connectivity index (χ1v) is 7.04. The molecule has 3 rings (SSSR count). The molecule has 0 saturated heterocycles. The lowest BCUT2D eigenvalue weighted by atomic mass is 10.2. The number of benzene rings is 2. The molecule has 96 valence electrons. The number of nitrogens with two attached hydrogens (primary N) is 1. The molecule has 0 saturated carbocycles. The minimum atomic E-state index is -0.323. The summed E-state index contributed by atoms with van der Waals surface area (Å²) in [6.45, 7) is 0. The van der Waals surface area contributed by atoms with E-state index in [0.29, 0.717) is 11.6 Å². The molecule has 0 radical (unpaired) electrons. The fourth-order valence-electron chi connectivity index (χ4n) is 1.98. The number of hydrogen-bond acceptors (Lipinski definition) is 2. The smallest absolute Gasteiger partial charge is 0.205 e. The van der Waals surface area contributed by atoms with Gasteiger partial charge in [0.15, 0.2) is 0 Å². The van der Waals surface area contributed by atoms with Crippen molar-refractivity contribution in [2.24, 2.45) is 0 Å². The fourth-order valence-corrected chi connectivity index (χ4v) is 2.76. The number of anilines is 1. The Morgan fingerprint density at radius 3 is 2.68 bits per heavy atom. The second-order valence-electron chi connectivity index (χ2n) is 4.03. The van der Waals surface area contributed by atoms with Crippen LogP contribution in [0.5, 0.6) is 0 Å². The molecule has 1 heterocycles. The van der Waals surface area contributed by atoms with Crippen molar-refractivity contribution in [2.45, 2.75) is 0 Å². The Balaban J connectivity index is 2.36. The van der Waals surface area contributed by atoms with E-state index < -0.39 is 0 Å². The van der Waals surface area contributed by atoms with Gasteiger partial charge in [0.25, 0.3) is 0 Å². The van der Waals surface area contributed by atoms with Crippen LogP contribution < -0.4 is 5.73 Å². The molecule has 0 atom stereocenters. The minimum Gasteiger partial charge on any atom is -0.369 e. The van der Waals surface area contributed by atoms with Crippen molar-refractivity contribution >= 4 is 48.8 Å². The van der Waals surface area contributed by atoms with Crippen molar-refractivity contribution in [1.82, 2.24) is 9.55 Å². The number of halogens is 3. The third-order valence-corrected chi connectivity index (χ3v) is 3.96. The molecular formula is C13H8Br2FN3. The summed E-state index contributed by atoms with van der Waals surface area (Å²) in [4.78, 5) is 4.29. The number of rotatable bonds is 1. The molecule has 3 nitrogen and oxygen atoms in total. The maximum absolute atomic E-state index is 13.4. The van der Waals surface area contributed by atoms with Crippen LogP contribution in [0.15, 0.2) is 45.3 Å². The normalized spacial score (nSPS) is 11.1. The van der Waals surface area contributed by atoms with Crippen LogP contribution in [0.4, 0.5) is 10.3 Å². The fraction of sp³-hybridized carbons (Fsp3) is 0. The van der Waals surface area contributed by atoms with Crippen LogP contribution in [0, 0.1) is 5.82 Å². The standard InChI is InChI=1S/C13H8Br2FN3/c14-7-1-4-11-10(5-7)18-13(17)19(11)12-6-8(16)2-3-9(12)15/h1-6H,(H2,17,18). The van der Waals surface area contributed by atoms with Crippen molar-refractivity contribution in [2.75, 3.05) is 5.73 Å². The van der Waals surface area contributed by atoms with Crippen LogP contribution in [0.2, 0.25) is 0 Å². The van der Waals surface area contributed by atoms with Gasteiger partial charge in [-0.1, -0.05) is 15.9 Å². The predicted octanol–water partition coefficient (Wildman–Crippen LogP) is 4.27. The lowest BCUT2D eigenvalue weighted by Crippen LogP contribution is -2.01. The Morgan fingerprint density at radius 1 is 1.11 bits per heavy atom. The molecule has 0 aliphatic rings. The first-order chi connectivity index (χ1) is 9.06. The second-order valence-corrected chi connectivity index (χ2v) is 5.80. The number of nitrogen functional groups attached to an aromatic ring is 1. The van der Waals surface area contributed by atoms with E-state index in [1.807, 2.05) is 18.2 Å². The molecule has 0 unspecified atom stereocenters. The highest BCUT2D eigenvalue weighted by molar-refractivity contribution is 9.10. The Bertz CT molecular complexity index is 783. The largest absolute Gasteiger partial charge is 0.369 e. The van der Waals surface area contributed by atoms with Crippen LogP contribution >= 0.6 is 31.9 Å². The summed E-state index contributed by atoms with van der Waals surface area (Å²) in [5, 5.41) is 0. The van der Waals surface area contributed by atoms with Gasteiger partial charge in [-0.05, 0) is 52.3 Å². The average molecular weight is 385 g/mol. The Hall–Kier alpha value is -1.40. The summed E-state index contributed by atoms with van der Waals surface area (Å²) in [7, 11) is 0. The highest BCUT2D eigenvalue weighted by Gasteiger charge is 2.13. The summed E-state index contributed by atoms with van der Waals surface area (Å²) in [6.07, 6.45) is 0.